The molecule has 0 spiro atoms. The largest absolute Gasteiger partial charge is 0.252 e. The van der Waals surface area contributed by atoms with Gasteiger partial charge in [0.15, 0.2) is 0 Å². The van der Waals surface area contributed by atoms with Crippen molar-refractivity contribution in [1.29, 1.82) is 0 Å². The maximum atomic E-state index is 9.62. The Morgan fingerprint density at radius 2 is 1.00 bits per heavy atom. The standard InChI is InChI=1S/C23H42O2/c1-3-17-5-9-19(10-6-17)20-13-15-22(16-14-20)23(25-24)21-11-7-18(4-2)8-12-21/h17-24H,3-16H2,1-2H3. The number of hydrogen-bond donors (Lipinski definition) is 1. The van der Waals surface area contributed by atoms with Gasteiger partial charge in [0.1, 0.15) is 0 Å². The molecule has 0 amide bonds. The zero-order valence-electron chi connectivity index (χ0n) is 16.8. The van der Waals surface area contributed by atoms with Gasteiger partial charge >= 0.3 is 0 Å². The van der Waals surface area contributed by atoms with Crippen molar-refractivity contribution in [3.05, 3.63) is 0 Å². The smallest absolute Gasteiger partial charge is 0.0983 e. The fourth-order valence-electron chi connectivity index (χ4n) is 6.49. The fraction of sp³-hybridized carbons (Fsp3) is 1.00. The average molecular weight is 351 g/mol. The second-order valence-corrected chi connectivity index (χ2v) is 9.62. The Labute approximate surface area is 156 Å². The quantitative estimate of drug-likeness (QED) is 0.409. The van der Waals surface area contributed by atoms with Gasteiger partial charge in [-0.15, -0.1) is 0 Å². The Hall–Kier alpha value is -0.0800. The van der Waals surface area contributed by atoms with Crippen molar-refractivity contribution in [2.45, 2.75) is 110 Å². The summed E-state index contributed by atoms with van der Waals surface area (Å²) in [5.74, 6) is 5.11. The van der Waals surface area contributed by atoms with E-state index in [2.05, 4.69) is 13.8 Å². The monoisotopic (exact) mass is 350 g/mol. The molecule has 3 aliphatic rings. The van der Waals surface area contributed by atoms with E-state index in [0.717, 1.165) is 23.7 Å². The molecule has 0 aliphatic heterocycles. The van der Waals surface area contributed by atoms with Gasteiger partial charge in [-0.05, 0) is 86.9 Å². The molecular formula is C23H42O2. The third kappa shape index (κ3) is 5.01. The molecule has 0 radical (unpaired) electrons. The maximum Gasteiger partial charge on any atom is 0.0983 e. The predicted octanol–water partition coefficient (Wildman–Crippen LogP) is 7.08. The minimum absolute atomic E-state index is 0.120. The van der Waals surface area contributed by atoms with Gasteiger partial charge in [0.05, 0.1) is 6.10 Å². The lowest BCUT2D eigenvalue weighted by molar-refractivity contribution is -0.307. The van der Waals surface area contributed by atoms with E-state index in [0.29, 0.717) is 11.8 Å². The second-order valence-electron chi connectivity index (χ2n) is 9.62. The number of rotatable bonds is 6. The Kier molecular flexibility index (Phi) is 7.66. The molecule has 0 heterocycles. The van der Waals surface area contributed by atoms with E-state index in [4.69, 9.17) is 4.89 Å². The zero-order chi connectivity index (χ0) is 17.6. The van der Waals surface area contributed by atoms with E-state index >= 15 is 0 Å². The second kappa shape index (κ2) is 9.74. The number of hydrogen-bond acceptors (Lipinski definition) is 2. The molecule has 3 aliphatic carbocycles. The van der Waals surface area contributed by atoms with E-state index < -0.39 is 0 Å². The van der Waals surface area contributed by atoms with Gasteiger partial charge < -0.3 is 0 Å². The highest BCUT2D eigenvalue weighted by atomic mass is 17.1. The molecule has 0 aromatic carbocycles. The summed E-state index contributed by atoms with van der Waals surface area (Å²) in [5, 5.41) is 9.62. The van der Waals surface area contributed by atoms with Crippen LogP contribution in [0.1, 0.15) is 104 Å². The Morgan fingerprint density at radius 3 is 1.40 bits per heavy atom. The summed E-state index contributed by atoms with van der Waals surface area (Å²) >= 11 is 0. The molecule has 2 nitrogen and oxygen atoms in total. The summed E-state index contributed by atoms with van der Waals surface area (Å²) < 4.78 is 0. The first kappa shape index (κ1) is 19.7. The molecule has 3 saturated carbocycles. The van der Waals surface area contributed by atoms with Crippen LogP contribution in [0, 0.1) is 35.5 Å². The summed E-state index contributed by atoms with van der Waals surface area (Å²) in [4.78, 5) is 5.11. The zero-order valence-corrected chi connectivity index (χ0v) is 16.8. The average Bonchev–Trinajstić information content (AvgIpc) is 2.70. The molecule has 146 valence electrons. The van der Waals surface area contributed by atoms with Crippen molar-refractivity contribution < 1.29 is 10.1 Å². The van der Waals surface area contributed by atoms with Gasteiger partial charge in [-0.25, -0.2) is 4.89 Å². The fourth-order valence-corrected chi connectivity index (χ4v) is 6.49. The van der Waals surface area contributed by atoms with Crippen LogP contribution in [0.3, 0.4) is 0 Å². The first-order valence-corrected chi connectivity index (χ1v) is 11.5. The molecule has 3 fully saturated rings. The third-order valence-corrected chi connectivity index (χ3v) is 8.47. The van der Waals surface area contributed by atoms with E-state index in [1.807, 2.05) is 0 Å². The van der Waals surface area contributed by atoms with Crippen molar-refractivity contribution in [1.82, 2.24) is 0 Å². The first-order valence-electron chi connectivity index (χ1n) is 11.5. The molecule has 0 aromatic heterocycles. The van der Waals surface area contributed by atoms with Gasteiger partial charge in [-0.1, -0.05) is 52.4 Å². The van der Waals surface area contributed by atoms with Crippen molar-refractivity contribution in [2.24, 2.45) is 35.5 Å². The summed E-state index contributed by atoms with van der Waals surface area (Å²) in [5.41, 5.74) is 0. The van der Waals surface area contributed by atoms with Crippen LogP contribution in [0.2, 0.25) is 0 Å². The summed E-state index contributed by atoms with van der Waals surface area (Å²) in [6.07, 6.45) is 19.3. The molecule has 0 aromatic rings. The lowest BCUT2D eigenvalue weighted by Gasteiger charge is -2.41. The lowest BCUT2D eigenvalue weighted by Crippen LogP contribution is -2.37. The molecule has 0 bridgehead atoms. The highest BCUT2D eigenvalue weighted by Crippen LogP contribution is 2.45. The van der Waals surface area contributed by atoms with Crippen LogP contribution in [0.25, 0.3) is 0 Å². The minimum atomic E-state index is 0.120. The summed E-state index contributed by atoms with van der Waals surface area (Å²) in [6.45, 7) is 4.68. The minimum Gasteiger partial charge on any atom is -0.252 e. The molecule has 2 heteroatoms. The van der Waals surface area contributed by atoms with E-state index in [1.54, 1.807) is 0 Å². The Balaban J connectivity index is 1.44. The van der Waals surface area contributed by atoms with Crippen molar-refractivity contribution >= 4 is 0 Å². The van der Waals surface area contributed by atoms with Crippen molar-refractivity contribution in [2.75, 3.05) is 0 Å². The molecular weight excluding hydrogens is 308 g/mol. The molecule has 1 unspecified atom stereocenters. The van der Waals surface area contributed by atoms with Crippen LogP contribution >= 0.6 is 0 Å². The summed E-state index contributed by atoms with van der Waals surface area (Å²) in [6, 6.07) is 0. The molecule has 25 heavy (non-hydrogen) atoms. The molecule has 1 atom stereocenters. The highest BCUT2D eigenvalue weighted by Gasteiger charge is 2.37. The van der Waals surface area contributed by atoms with Gasteiger partial charge in [0.2, 0.25) is 0 Å². The first-order chi connectivity index (χ1) is 12.2. The third-order valence-electron chi connectivity index (χ3n) is 8.47. The van der Waals surface area contributed by atoms with Crippen LogP contribution in [-0.2, 0) is 4.89 Å². The topological polar surface area (TPSA) is 29.5 Å². The molecule has 0 saturated heterocycles. The Bertz CT molecular complexity index is 358. The normalized spacial score (nSPS) is 41.4. The van der Waals surface area contributed by atoms with Crippen LogP contribution in [-0.4, -0.2) is 11.4 Å². The van der Waals surface area contributed by atoms with E-state index in [-0.39, 0.29) is 6.10 Å². The van der Waals surface area contributed by atoms with Gasteiger partial charge in [-0.3, -0.25) is 5.26 Å². The van der Waals surface area contributed by atoms with Gasteiger partial charge in [0.25, 0.3) is 0 Å². The highest BCUT2D eigenvalue weighted by molar-refractivity contribution is 4.87. The van der Waals surface area contributed by atoms with Gasteiger partial charge in [-0.2, -0.15) is 0 Å². The van der Waals surface area contributed by atoms with Crippen LogP contribution in [0.15, 0.2) is 0 Å². The van der Waals surface area contributed by atoms with E-state index in [1.165, 1.54) is 89.9 Å². The van der Waals surface area contributed by atoms with Crippen LogP contribution < -0.4 is 0 Å². The van der Waals surface area contributed by atoms with Crippen molar-refractivity contribution in [3.8, 4) is 0 Å². The van der Waals surface area contributed by atoms with Crippen LogP contribution in [0.4, 0.5) is 0 Å². The van der Waals surface area contributed by atoms with Gasteiger partial charge in [0, 0.05) is 0 Å². The predicted molar refractivity (Wildman–Crippen MR) is 104 cm³/mol. The van der Waals surface area contributed by atoms with Crippen molar-refractivity contribution in [3.63, 3.8) is 0 Å². The maximum absolute atomic E-state index is 9.62. The molecule has 3 rings (SSSR count). The lowest BCUT2D eigenvalue weighted by atomic mass is 9.66. The SMILES string of the molecule is CCC1CCC(C2CCC(C(OO)C3CCC(CC)CC3)CC2)CC1. The Morgan fingerprint density at radius 1 is 0.640 bits per heavy atom. The molecule has 1 N–H and O–H groups in total. The summed E-state index contributed by atoms with van der Waals surface area (Å²) in [7, 11) is 0. The van der Waals surface area contributed by atoms with Crippen LogP contribution in [0.5, 0.6) is 0 Å². The van der Waals surface area contributed by atoms with E-state index in [9.17, 15) is 5.26 Å².